The van der Waals surface area contributed by atoms with Crippen LogP contribution in [0.15, 0.2) is 105 Å². The first-order valence-electron chi connectivity index (χ1n) is 21.9. The Morgan fingerprint density at radius 1 is 0.605 bits per heavy atom. The van der Waals surface area contributed by atoms with Gasteiger partial charge in [0.25, 0.3) is 11.8 Å². The second kappa shape index (κ2) is 20.5. The third kappa shape index (κ3) is 10.4. The van der Waals surface area contributed by atoms with Crippen molar-refractivity contribution >= 4 is 67.9 Å². The number of alkyl halides is 8. The van der Waals surface area contributed by atoms with Gasteiger partial charge in [-0.25, -0.2) is 42.2 Å². The fraction of sp³-hybridized carbons (Fsp3) is 0.170. The Morgan fingerprint density at radius 3 is 1.57 bits per heavy atom. The number of nitrogens with zero attached hydrogens (tertiary/aromatic N) is 13. The number of aryl methyl sites for hydroxylation is 1. The standard InChI is InChI=1S/C23H14F7N7O.C22H15F5N8O.C2H6/c24-15-3-12(23(28,29)30)2-1-11(15)8-35(13-6-33-37(9-13)22(26)27)21(38)14-4-18-17(5-16(14)25)34-20(31)19-7-32-10-36(18)19;1-33-8-12(6-31-33)34(9-17-15(24)2-11(5-30-17)22(25,26)27)21(36)13-3-18-16(4-14(13)23)32-20(28)19-7-29-10-35(18)19;1-2/h1-7,9-10,22H,8H2,(H2,31,34);2-8,10H,9H2,1H3,(H2,28,32);1-2H3. The van der Waals surface area contributed by atoms with E-state index < -0.39 is 95.0 Å². The summed E-state index contributed by atoms with van der Waals surface area (Å²) in [5.74, 6) is -6.44. The minimum absolute atomic E-state index is 0.0484. The SMILES string of the molecule is CC.Cn1cc(N(Cc2ncc(C(F)(F)F)cc2F)C(=O)c2cc3c(cc2F)nc(N)c2cncn23)cn1.Nc1nc2cc(F)c(C(=O)N(Cc3ccc(C(F)(F)F)cc3F)c3cnn(C(F)F)c3)cc2n2cncc12. The summed E-state index contributed by atoms with van der Waals surface area (Å²) >= 11 is 0. The van der Waals surface area contributed by atoms with Crippen molar-refractivity contribution < 1.29 is 62.3 Å². The van der Waals surface area contributed by atoms with Gasteiger partial charge in [-0.05, 0) is 30.3 Å². The third-order valence-corrected chi connectivity index (χ3v) is 11.2. The van der Waals surface area contributed by atoms with Crippen molar-refractivity contribution in [3.05, 3.63) is 161 Å². The molecule has 0 aliphatic heterocycles. The summed E-state index contributed by atoms with van der Waals surface area (Å²) in [6, 6.07) is 6.25. The van der Waals surface area contributed by atoms with Crippen LogP contribution in [0.4, 0.5) is 75.7 Å². The summed E-state index contributed by atoms with van der Waals surface area (Å²) in [6.07, 6.45) is 0.774. The first-order chi connectivity index (χ1) is 36.0. The van der Waals surface area contributed by atoms with E-state index in [1.165, 1.54) is 57.0 Å². The highest BCUT2D eigenvalue weighted by atomic mass is 19.4. The molecule has 10 aromatic rings. The topological polar surface area (TPSA) is 202 Å². The minimum Gasteiger partial charge on any atom is -0.382 e. The Hall–Kier alpha value is -9.31. The minimum atomic E-state index is -4.82. The van der Waals surface area contributed by atoms with E-state index in [0.717, 1.165) is 46.5 Å². The first-order valence-corrected chi connectivity index (χ1v) is 21.9. The molecular weight excluding hydrogens is 1030 g/mol. The summed E-state index contributed by atoms with van der Waals surface area (Å²) in [4.78, 5) is 48.5. The largest absolute Gasteiger partial charge is 0.417 e. The van der Waals surface area contributed by atoms with Gasteiger partial charge in [0.15, 0.2) is 0 Å². The number of amides is 2. The highest BCUT2D eigenvalue weighted by Gasteiger charge is 2.34. The van der Waals surface area contributed by atoms with Gasteiger partial charge in [-0.1, -0.05) is 19.9 Å². The molecule has 10 rings (SSSR count). The Morgan fingerprint density at radius 2 is 1.11 bits per heavy atom. The van der Waals surface area contributed by atoms with Crippen molar-refractivity contribution in [2.75, 3.05) is 21.3 Å². The van der Waals surface area contributed by atoms with Gasteiger partial charge in [-0.15, -0.1) is 0 Å². The smallest absolute Gasteiger partial charge is 0.382 e. The van der Waals surface area contributed by atoms with Crippen LogP contribution in [0.2, 0.25) is 0 Å². The van der Waals surface area contributed by atoms with Crippen molar-refractivity contribution in [3.63, 3.8) is 0 Å². The van der Waals surface area contributed by atoms with Gasteiger partial charge in [-0.2, -0.15) is 45.3 Å². The van der Waals surface area contributed by atoms with Crippen LogP contribution in [0.25, 0.3) is 33.1 Å². The molecule has 0 saturated heterocycles. The predicted molar refractivity (Wildman–Crippen MR) is 249 cm³/mol. The number of carbonyl (C=O) groups is 2. The second-order valence-electron chi connectivity index (χ2n) is 16.0. The van der Waals surface area contributed by atoms with Crippen LogP contribution in [0.1, 0.15) is 63.5 Å². The number of imidazole rings is 2. The number of carbonyl (C=O) groups excluding carboxylic acids is 2. The molecule has 4 N–H and O–H groups in total. The number of benzene rings is 3. The van der Waals surface area contributed by atoms with Gasteiger partial charge < -0.3 is 16.4 Å². The summed E-state index contributed by atoms with van der Waals surface area (Å²) in [7, 11) is 1.56. The highest BCUT2D eigenvalue weighted by molar-refractivity contribution is 6.09. The number of aromatic nitrogens is 11. The van der Waals surface area contributed by atoms with Gasteiger partial charge in [0, 0.05) is 37.1 Å². The molecule has 76 heavy (non-hydrogen) atoms. The van der Waals surface area contributed by atoms with Crippen LogP contribution in [0.5, 0.6) is 0 Å². The summed E-state index contributed by atoms with van der Waals surface area (Å²) in [6.45, 7) is -0.408. The summed E-state index contributed by atoms with van der Waals surface area (Å²) in [5.41, 5.74) is 8.86. The molecule has 3 aromatic carbocycles. The van der Waals surface area contributed by atoms with E-state index in [4.69, 9.17) is 11.5 Å². The van der Waals surface area contributed by atoms with E-state index in [-0.39, 0.29) is 61.9 Å². The number of pyridine rings is 1. The monoisotopic (exact) mass is 1070 g/mol. The zero-order valence-electron chi connectivity index (χ0n) is 39.1. The second-order valence-corrected chi connectivity index (χ2v) is 16.0. The van der Waals surface area contributed by atoms with Crippen LogP contribution in [-0.4, -0.2) is 65.1 Å². The Kier molecular flexibility index (Phi) is 14.3. The van der Waals surface area contributed by atoms with Gasteiger partial charge in [0.1, 0.15) is 45.9 Å². The number of nitrogen functional groups attached to an aromatic ring is 2. The maximum atomic E-state index is 15.1. The number of nitrogens with two attached hydrogens (primary N) is 2. The van der Waals surface area contributed by atoms with Crippen LogP contribution < -0.4 is 21.3 Å². The molecule has 0 aliphatic rings. The van der Waals surface area contributed by atoms with Crippen molar-refractivity contribution in [1.82, 2.24) is 53.3 Å². The molecule has 0 radical (unpaired) electrons. The van der Waals surface area contributed by atoms with E-state index in [9.17, 15) is 53.5 Å². The van der Waals surface area contributed by atoms with Crippen LogP contribution in [-0.2, 0) is 32.5 Å². The number of anilines is 4. The van der Waals surface area contributed by atoms with Gasteiger partial charge >= 0.3 is 18.9 Å². The molecule has 17 nitrogen and oxygen atoms in total. The lowest BCUT2D eigenvalue weighted by atomic mass is 10.1. The van der Waals surface area contributed by atoms with E-state index in [0.29, 0.717) is 28.8 Å². The third-order valence-electron chi connectivity index (χ3n) is 11.2. The molecule has 29 heteroatoms. The van der Waals surface area contributed by atoms with Gasteiger partial charge in [-0.3, -0.25) is 33.0 Å². The van der Waals surface area contributed by atoms with Crippen molar-refractivity contribution in [1.29, 1.82) is 0 Å². The Labute approximate surface area is 418 Å². The number of halogens is 12. The zero-order valence-corrected chi connectivity index (χ0v) is 39.1. The van der Waals surface area contributed by atoms with E-state index in [1.807, 2.05) is 13.8 Å². The van der Waals surface area contributed by atoms with Crippen LogP contribution in [0.3, 0.4) is 0 Å². The Balaban J connectivity index is 0.000000195. The molecule has 0 saturated carbocycles. The molecule has 0 aliphatic carbocycles. The van der Waals surface area contributed by atoms with E-state index >= 15 is 8.78 Å². The van der Waals surface area contributed by atoms with Crippen molar-refractivity contribution in [2.45, 2.75) is 45.8 Å². The zero-order chi connectivity index (χ0) is 55.1. The van der Waals surface area contributed by atoms with Crippen molar-refractivity contribution in [3.8, 4) is 0 Å². The van der Waals surface area contributed by atoms with Gasteiger partial charge in [0.2, 0.25) is 0 Å². The molecule has 7 aromatic heterocycles. The summed E-state index contributed by atoms with van der Waals surface area (Å²) < 4.78 is 168. The molecule has 0 unspecified atom stereocenters. The fourth-order valence-corrected chi connectivity index (χ4v) is 7.61. The maximum absolute atomic E-state index is 15.1. The lowest BCUT2D eigenvalue weighted by Gasteiger charge is -2.22. The fourth-order valence-electron chi connectivity index (χ4n) is 7.61. The quantitative estimate of drug-likeness (QED) is 0.130. The average Bonchev–Trinajstić information content (AvgIpc) is 4.24. The number of fused-ring (bicyclic) bond motifs is 6. The highest BCUT2D eigenvalue weighted by Crippen LogP contribution is 2.34. The molecular formula is C47H35F12N15O2. The first kappa shape index (κ1) is 53.0. The lowest BCUT2D eigenvalue weighted by Crippen LogP contribution is -2.32. The average molecular weight is 1070 g/mol. The van der Waals surface area contributed by atoms with Crippen LogP contribution >= 0.6 is 0 Å². The maximum Gasteiger partial charge on any atom is 0.417 e. The molecule has 0 bridgehead atoms. The van der Waals surface area contributed by atoms with Crippen LogP contribution in [0, 0.1) is 23.3 Å². The van der Waals surface area contributed by atoms with E-state index in [1.54, 1.807) is 7.05 Å². The summed E-state index contributed by atoms with van der Waals surface area (Å²) in [5, 5.41) is 7.41. The van der Waals surface area contributed by atoms with E-state index in [2.05, 4.69) is 35.1 Å². The van der Waals surface area contributed by atoms with Crippen molar-refractivity contribution in [2.24, 2.45) is 7.05 Å². The number of hydrogen-bond acceptors (Lipinski definition) is 11. The molecule has 7 heterocycles. The molecule has 0 atom stereocenters. The van der Waals surface area contributed by atoms with Gasteiger partial charge in [0.05, 0.1) is 118 Å². The Bertz CT molecular complexity index is 3830. The number of hydrogen-bond donors (Lipinski definition) is 2. The molecule has 0 spiro atoms. The lowest BCUT2D eigenvalue weighted by molar-refractivity contribution is -0.138. The molecule has 394 valence electrons. The number of rotatable bonds is 9. The predicted octanol–water partition coefficient (Wildman–Crippen LogP) is 9.96. The molecule has 2 amide bonds. The molecule has 0 fully saturated rings. The normalized spacial score (nSPS) is 11.8.